The summed E-state index contributed by atoms with van der Waals surface area (Å²) in [6.07, 6.45) is -12.2. The van der Waals surface area contributed by atoms with Crippen molar-refractivity contribution in [2.45, 2.75) is 24.7 Å². The Labute approximate surface area is 96.8 Å². The number of ether oxygens (including phenoxy) is 2. The van der Waals surface area contributed by atoms with Crippen molar-refractivity contribution in [2.24, 2.45) is 0 Å². The molecule has 0 saturated carbocycles. The van der Waals surface area contributed by atoms with Crippen LogP contribution in [0.5, 0.6) is 0 Å². The summed E-state index contributed by atoms with van der Waals surface area (Å²) >= 11 is 0. The number of carbonyl (C=O) groups is 1. The van der Waals surface area contributed by atoms with E-state index in [4.69, 9.17) is 0 Å². The predicted octanol–water partition coefficient (Wildman–Crippen LogP) is 3.03. The Morgan fingerprint density at radius 2 is 1.67 bits per heavy atom. The summed E-state index contributed by atoms with van der Waals surface area (Å²) in [5, 5.41) is 0. The standard InChI is InChI=1S/C8H9F7O3/c9-2-1-3-17-6(16)18-4-7(11,12)5(10)8(13,14)15/h5H,1-4H2/t5-/m0/s1. The fourth-order valence-corrected chi connectivity index (χ4v) is 0.719. The largest absolute Gasteiger partial charge is 0.508 e. The van der Waals surface area contributed by atoms with Crippen molar-refractivity contribution in [1.29, 1.82) is 0 Å². The molecular weight excluding hydrogens is 277 g/mol. The van der Waals surface area contributed by atoms with Crippen molar-refractivity contribution in [1.82, 2.24) is 0 Å². The van der Waals surface area contributed by atoms with E-state index in [9.17, 15) is 35.5 Å². The van der Waals surface area contributed by atoms with Gasteiger partial charge >= 0.3 is 18.3 Å². The van der Waals surface area contributed by atoms with Gasteiger partial charge in [-0.05, 0) is 0 Å². The lowest BCUT2D eigenvalue weighted by Crippen LogP contribution is -2.45. The van der Waals surface area contributed by atoms with Gasteiger partial charge in [-0.15, -0.1) is 0 Å². The summed E-state index contributed by atoms with van der Waals surface area (Å²) in [7, 11) is 0. The van der Waals surface area contributed by atoms with Crippen molar-refractivity contribution < 1.29 is 45.0 Å². The molecule has 3 nitrogen and oxygen atoms in total. The van der Waals surface area contributed by atoms with Gasteiger partial charge in [0, 0.05) is 6.42 Å². The highest BCUT2D eigenvalue weighted by atomic mass is 19.4. The minimum atomic E-state index is -5.77. The molecule has 0 saturated heterocycles. The first-order chi connectivity index (χ1) is 8.11. The van der Waals surface area contributed by atoms with E-state index in [1.54, 1.807) is 0 Å². The van der Waals surface area contributed by atoms with Crippen LogP contribution in [0, 0.1) is 0 Å². The highest BCUT2D eigenvalue weighted by Gasteiger charge is 2.57. The molecule has 0 fully saturated rings. The second-order valence-electron chi connectivity index (χ2n) is 3.09. The van der Waals surface area contributed by atoms with Crippen LogP contribution in [-0.4, -0.2) is 44.3 Å². The average molecular weight is 286 g/mol. The molecule has 0 aliphatic heterocycles. The minimum Gasteiger partial charge on any atom is -0.434 e. The molecule has 0 amide bonds. The molecule has 0 spiro atoms. The fourth-order valence-electron chi connectivity index (χ4n) is 0.719. The summed E-state index contributed by atoms with van der Waals surface area (Å²) in [4.78, 5) is 10.5. The zero-order valence-electron chi connectivity index (χ0n) is 8.78. The van der Waals surface area contributed by atoms with Crippen molar-refractivity contribution in [3.8, 4) is 0 Å². The molecule has 0 radical (unpaired) electrons. The highest BCUT2D eigenvalue weighted by Crippen LogP contribution is 2.35. The summed E-state index contributed by atoms with van der Waals surface area (Å²) in [6.45, 7) is -3.45. The van der Waals surface area contributed by atoms with Crippen LogP contribution in [0.25, 0.3) is 0 Å². The van der Waals surface area contributed by atoms with Crippen molar-refractivity contribution in [3.63, 3.8) is 0 Å². The first-order valence-electron chi connectivity index (χ1n) is 4.55. The number of carbonyl (C=O) groups excluding carboxylic acids is 1. The van der Waals surface area contributed by atoms with Gasteiger partial charge in [-0.2, -0.15) is 22.0 Å². The third kappa shape index (κ3) is 5.92. The second kappa shape index (κ2) is 6.64. The van der Waals surface area contributed by atoms with Crippen LogP contribution in [0.3, 0.4) is 0 Å². The molecule has 0 aromatic carbocycles. The van der Waals surface area contributed by atoms with E-state index in [2.05, 4.69) is 9.47 Å². The quantitative estimate of drug-likeness (QED) is 0.428. The third-order valence-electron chi connectivity index (χ3n) is 1.54. The average Bonchev–Trinajstić information content (AvgIpc) is 2.24. The number of alkyl halides is 7. The molecule has 10 heteroatoms. The Morgan fingerprint density at radius 3 is 2.11 bits per heavy atom. The normalized spacial score (nSPS) is 14.2. The Kier molecular flexibility index (Phi) is 6.19. The molecule has 0 bridgehead atoms. The molecule has 0 N–H and O–H groups in total. The highest BCUT2D eigenvalue weighted by molar-refractivity contribution is 5.59. The van der Waals surface area contributed by atoms with Gasteiger partial charge in [-0.1, -0.05) is 0 Å². The summed E-state index contributed by atoms with van der Waals surface area (Å²) in [5.74, 6) is -4.92. The number of hydrogen-bond donors (Lipinski definition) is 0. The molecule has 0 aliphatic carbocycles. The van der Waals surface area contributed by atoms with Crippen molar-refractivity contribution in [3.05, 3.63) is 0 Å². The van der Waals surface area contributed by atoms with Gasteiger partial charge in [0.15, 0.2) is 6.61 Å². The molecule has 1 atom stereocenters. The Morgan fingerprint density at radius 1 is 1.11 bits per heavy atom. The van der Waals surface area contributed by atoms with E-state index < -0.39 is 44.3 Å². The van der Waals surface area contributed by atoms with Crippen molar-refractivity contribution >= 4 is 6.16 Å². The lowest BCUT2D eigenvalue weighted by Gasteiger charge is -2.21. The third-order valence-corrected chi connectivity index (χ3v) is 1.54. The van der Waals surface area contributed by atoms with E-state index in [-0.39, 0.29) is 6.42 Å². The first-order valence-corrected chi connectivity index (χ1v) is 4.55. The minimum absolute atomic E-state index is 0.222. The van der Waals surface area contributed by atoms with Crippen LogP contribution >= 0.6 is 0 Å². The number of halogens is 7. The molecule has 18 heavy (non-hydrogen) atoms. The zero-order chi connectivity index (χ0) is 14.4. The molecule has 0 heterocycles. The summed E-state index contributed by atoms with van der Waals surface area (Å²) < 4.78 is 91.5. The molecule has 0 aromatic heterocycles. The van der Waals surface area contributed by atoms with E-state index >= 15 is 0 Å². The SMILES string of the molecule is O=C(OCCCF)OCC(F)(F)[C@H](F)C(F)(F)F. The maximum absolute atomic E-state index is 12.6. The van der Waals surface area contributed by atoms with Gasteiger partial charge < -0.3 is 9.47 Å². The Bertz CT molecular complexity index is 266. The van der Waals surface area contributed by atoms with E-state index in [1.165, 1.54) is 0 Å². The molecule has 0 rings (SSSR count). The van der Waals surface area contributed by atoms with Gasteiger partial charge in [0.1, 0.15) is 0 Å². The molecule has 108 valence electrons. The summed E-state index contributed by atoms with van der Waals surface area (Å²) in [5.41, 5.74) is 0. The predicted molar refractivity (Wildman–Crippen MR) is 43.8 cm³/mol. The molecule has 0 aromatic rings. The van der Waals surface area contributed by atoms with Crippen LogP contribution in [-0.2, 0) is 9.47 Å². The van der Waals surface area contributed by atoms with Gasteiger partial charge in [0.2, 0.25) is 0 Å². The monoisotopic (exact) mass is 286 g/mol. The van der Waals surface area contributed by atoms with Gasteiger partial charge in [0.05, 0.1) is 13.3 Å². The van der Waals surface area contributed by atoms with Crippen LogP contribution in [0.4, 0.5) is 35.5 Å². The number of hydrogen-bond acceptors (Lipinski definition) is 3. The van der Waals surface area contributed by atoms with Gasteiger partial charge in [-0.3, -0.25) is 4.39 Å². The second-order valence-corrected chi connectivity index (χ2v) is 3.09. The van der Waals surface area contributed by atoms with Crippen molar-refractivity contribution in [2.75, 3.05) is 19.9 Å². The molecule has 0 aliphatic rings. The first kappa shape index (κ1) is 16.8. The maximum atomic E-state index is 12.6. The van der Waals surface area contributed by atoms with E-state index in [0.717, 1.165) is 0 Å². The van der Waals surface area contributed by atoms with E-state index in [1.807, 2.05) is 0 Å². The molecule has 0 unspecified atom stereocenters. The summed E-state index contributed by atoms with van der Waals surface area (Å²) in [6, 6.07) is 0. The Balaban J connectivity index is 4.14. The van der Waals surface area contributed by atoms with Crippen LogP contribution < -0.4 is 0 Å². The lowest BCUT2D eigenvalue weighted by molar-refractivity contribution is -0.252. The topological polar surface area (TPSA) is 35.5 Å². The van der Waals surface area contributed by atoms with Gasteiger partial charge in [-0.25, -0.2) is 9.18 Å². The van der Waals surface area contributed by atoms with Crippen LogP contribution in [0.15, 0.2) is 0 Å². The lowest BCUT2D eigenvalue weighted by atomic mass is 10.2. The van der Waals surface area contributed by atoms with Crippen LogP contribution in [0.1, 0.15) is 6.42 Å². The fraction of sp³-hybridized carbons (Fsp3) is 0.875. The molecular formula is C8H9F7O3. The van der Waals surface area contributed by atoms with Crippen LogP contribution in [0.2, 0.25) is 0 Å². The van der Waals surface area contributed by atoms with E-state index in [0.29, 0.717) is 0 Å². The van der Waals surface area contributed by atoms with Gasteiger partial charge in [0.25, 0.3) is 6.17 Å². The Hall–Kier alpha value is -1.22. The number of rotatable bonds is 6. The smallest absolute Gasteiger partial charge is 0.434 e. The zero-order valence-corrected chi connectivity index (χ0v) is 8.78. The maximum Gasteiger partial charge on any atom is 0.508 e.